The Morgan fingerprint density at radius 2 is 2.02 bits per heavy atom. The van der Waals surface area contributed by atoms with Crippen molar-refractivity contribution in [3.05, 3.63) is 47.3 Å². The number of likely N-dealkylation sites (N-methyl/N-ethyl adjacent to an activating group) is 1. The van der Waals surface area contributed by atoms with Gasteiger partial charge in [0.2, 0.25) is 11.9 Å². The smallest absolute Gasteiger partial charge is 0.244 e. The van der Waals surface area contributed by atoms with E-state index in [-0.39, 0.29) is 28.9 Å². The molecule has 2 aromatic heterocycles. The molecule has 1 aliphatic rings. The Bertz CT molecular complexity index is 1520. The van der Waals surface area contributed by atoms with E-state index in [1.807, 2.05) is 39.0 Å². The van der Waals surface area contributed by atoms with E-state index in [9.17, 15) is 10.1 Å². The summed E-state index contributed by atoms with van der Waals surface area (Å²) in [5.41, 5.74) is 4.50. The molecule has 0 fully saturated rings. The second-order valence-corrected chi connectivity index (χ2v) is 18.1. The van der Waals surface area contributed by atoms with Crippen molar-refractivity contribution in [2.45, 2.75) is 84.6 Å². The third kappa shape index (κ3) is 6.34. The van der Waals surface area contributed by atoms with E-state index in [4.69, 9.17) is 9.41 Å². The number of anilines is 3. The van der Waals surface area contributed by atoms with Crippen molar-refractivity contribution in [2.75, 3.05) is 30.8 Å². The van der Waals surface area contributed by atoms with Crippen LogP contribution in [-0.2, 0) is 21.2 Å². The zero-order valence-electron chi connectivity index (χ0n) is 26.6. The summed E-state index contributed by atoms with van der Waals surface area (Å²) in [4.78, 5) is 23.6. The number of carbonyl (C=O) groups is 1. The van der Waals surface area contributed by atoms with Crippen molar-refractivity contribution in [3.8, 4) is 17.3 Å². The Balaban J connectivity index is 1.63. The van der Waals surface area contributed by atoms with Gasteiger partial charge < -0.3 is 20.0 Å². The first-order valence-corrected chi connectivity index (χ1v) is 17.3. The van der Waals surface area contributed by atoms with Gasteiger partial charge in [0.25, 0.3) is 0 Å². The Morgan fingerprint density at radius 3 is 2.67 bits per heavy atom. The molecular formula is C31H44N8O2Si. The number of hydrogen-bond acceptors (Lipinski definition) is 8. The maximum Gasteiger partial charge on any atom is 0.244 e. The Hall–Kier alpha value is -3.75. The summed E-state index contributed by atoms with van der Waals surface area (Å²) in [7, 11) is -0.176. The van der Waals surface area contributed by atoms with Crippen molar-refractivity contribution in [1.82, 2.24) is 24.6 Å². The SMILES string of the molecule is Cc1cc(Nc2nccc(-c3cc(C#N)c4c(c3)[C@@](C)(CO[Si](C)(C)C(C)(C)C)CN4)n2)n(CC(=O)N(C)C(C)C)n1. The molecule has 1 aromatic carbocycles. The van der Waals surface area contributed by atoms with Gasteiger partial charge in [-0.25, -0.2) is 14.6 Å². The fourth-order valence-corrected chi connectivity index (χ4v) is 5.71. The van der Waals surface area contributed by atoms with Gasteiger partial charge in [-0.05, 0) is 62.7 Å². The zero-order valence-corrected chi connectivity index (χ0v) is 27.6. The first-order valence-electron chi connectivity index (χ1n) is 14.4. The van der Waals surface area contributed by atoms with E-state index in [0.717, 1.165) is 22.5 Å². The highest BCUT2D eigenvalue weighted by atomic mass is 28.4. The van der Waals surface area contributed by atoms with Crippen molar-refractivity contribution >= 4 is 31.7 Å². The quantitative estimate of drug-likeness (QED) is 0.299. The number of fused-ring (bicyclic) bond motifs is 1. The van der Waals surface area contributed by atoms with Gasteiger partial charge in [-0.1, -0.05) is 27.7 Å². The summed E-state index contributed by atoms with van der Waals surface area (Å²) in [6, 6.07) is 10.1. The molecule has 0 saturated carbocycles. The van der Waals surface area contributed by atoms with E-state index >= 15 is 0 Å². The fraction of sp³-hybridized carbons (Fsp3) is 0.516. The number of nitrogens with one attached hydrogen (secondary N) is 2. The highest BCUT2D eigenvalue weighted by Crippen LogP contribution is 2.44. The number of nitrogens with zero attached hydrogens (tertiary/aromatic N) is 6. The van der Waals surface area contributed by atoms with Crippen LogP contribution in [0.3, 0.4) is 0 Å². The number of aromatic nitrogens is 4. The van der Waals surface area contributed by atoms with E-state index < -0.39 is 8.32 Å². The number of nitriles is 1. The maximum absolute atomic E-state index is 12.7. The predicted molar refractivity (Wildman–Crippen MR) is 169 cm³/mol. The lowest BCUT2D eigenvalue weighted by Gasteiger charge is -2.39. The molecule has 11 heteroatoms. The third-order valence-electron chi connectivity index (χ3n) is 8.67. The van der Waals surface area contributed by atoms with Gasteiger partial charge in [0.1, 0.15) is 18.4 Å². The van der Waals surface area contributed by atoms with Crippen molar-refractivity contribution in [3.63, 3.8) is 0 Å². The normalized spacial score (nSPS) is 16.6. The van der Waals surface area contributed by atoms with Crippen LogP contribution < -0.4 is 10.6 Å². The van der Waals surface area contributed by atoms with Crippen LogP contribution >= 0.6 is 0 Å². The average molecular weight is 589 g/mol. The Morgan fingerprint density at radius 1 is 1.31 bits per heavy atom. The van der Waals surface area contributed by atoms with Gasteiger partial charge in [0.15, 0.2) is 8.32 Å². The van der Waals surface area contributed by atoms with Crippen LogP contribution in [0.5, 0.6) is 0 Å². The third-order valence-corrected chi connectivity index (χ3v) is 13.1. The molecule has 4 rings (SSSR count). The van der Waals surface area contributed by atoms with E-state index in [2.05, 4.69) is 73.6 Å². The van der Waals surface area contributed by atoms with E-state index in [0.29, 0.717) is 36.2 Å². The average Bonchev–Trinajstić information content (AvgIpc) is 3.44. The number of aryl methyl sites for hydroxylation is 1. The summed E-state index contributed by atoms with van der Waals surface area (Å²) < 4.78 is 8.29. The Kier molecular flexibility index (Phi) is 8.54. The van der Waals surface area contributed by atoms with Crippen LogP contribution in [-0.4, -0.2) is 65.1 Å². The first kappa shape index (κ1) is 31.2. The van der Waals surface area contributed by atoms with Crippen LogP contribution in [0.2, 0.25) is 18.1 Å². The number of amides is 1. The molecule has 1 aliphatic heterocycles. The number of benzene rings is 1. The molecule has 1 atom stereocenters. The Labute approximate surface area is 250 Å². The second-order valence-electron chi connectivity index (χ2n) is 13.3. The number of carbonyl (C=O) groups excluding carboxylic acids is 1. The zero-order chi connectivity index (χ0) is 31.0. The van der Waals surface area contributed by atoms with Gasteiger partial charge in [-0.15, -0.1) is 0 Å². The molecule has 2 N–H and O–H groups in total. The van der Waals surface area contributed by atoms with Gasteiger partial charge in [0.05, 0.1) is 22.6 Å². The highest BCUT2D eigenvalue weighted by Gasteiger charge is 2.42. The molecule has 1 amide bonds. The van der Waals surface area contributed by atoms with Crippen LogP contribution in [0.25, 0.3) is 11.3 Å². The molecule has 3 aromatic rings. The molecule has 42 heavy (non-hydrogen) atoms. The summed E-state index contributed by atoms with van der Waals surface area (Å²) in [5, 5.41) is 21.4. The largest absolute Gasteiger partial charge is 0.416 e. The summed E-state index contributed by atoms with van der Waals surface area (Å²) >= 11 is 0. The predicted octanol–water partition coefficient (Wildman–Crippen LogP) is 5.84. The van der Waals surface area contributed by atoms with Crippen LogP contribution in [0.15, 0.2) is 30.5 Å². The lowest BCUT2D eigenvalue weighted by molar-refractivity contribution is -0.132. The summed E-state index contributed by atoms with van der Waals surface area (Å²) in [6.07, 6.45) is 1.69. The molecule has 0 radical (unpaired) electrons. The molecule has 0 unspecified atom stereocenters. The minimum absolute atomic E-state index is 0.0396. The molecule has 0 spiro atoms. The topological polar surface area (TPSA) is 121 Å². The number of rotatable bonds is 9. The van der Waals surface area contributed by atoms with Crippen molar-refractivity contribution in [2.24, 2.45) is 0 Å². The van der Waals surface area contributed by atoms with Crippen LogP contribution in [0, 0.1) is 18.3 Å². The number of hydrogen-bond donors (Lipinski definition) is 2. The first-order chi connectivity index (χ1) is 19.5. The standard InChI is InChI=1S/C31H44N8O2Si/c1-20(2)38(8)27(40)17-39-26(13-21(3)37-39)36-29-33-12-11-25(35-29)22-14-23(16-32)28-24(15-22)31(7,18-34-28)19-41-42(9,10)30(4,5)6/h11-15,20,34H,17-19H2,1-10H3,(H,33,35,36)/t31-/m1/s1. The molecule has 0 bridgehead atoms. The highest BCUT2D eigenvalue weighted by molar-refractivity contribution is 6.74. The fourth-order valence-electron chi connectivity index (χ4n) is 4.60. The molecule has 224 valence electrons. The lowest BCUT2D eigenvalue weighted by atomic mass is 9.83. The minimum Gasteiger partial charge on any atom is -0.416 e. The lowest BCUT2D eigenvalue weighted by Crippen LogP contribution is -2.45. The summed E-state index contributed by atoms with van der Waals surface area (Å²) in [6.45, 7) is 20.6. The van der Waals surface area contributed by atoms with Gasteiger partial charge in [0, 0.05) is 49.5 Å². The van der Waals surface area contributed by atoms with Crippen molar-refractivity contribution in [1.29, 1.82) is 5.26 Å². The molecule has 0 aliphatic carbocycles. The second kappa shape index (κ2) is 11.5. The monoisotopic (exact) mass is 588 g/mol. The minimum atomic E-state index is -1.96. The van der Waals surface area contributed by atoms with E-state index in [1.54, 1.807) is 22.8 Å². The van der Waals surface area contributed by atoms with Crippen LogP contribution in [0.4, 0.5) is 17.5 Å². The van der Waals surface area contributed by atoms with E-state index in [1.165, 1.54) is 0 Å². The van der Waals surface area contributed by atoms with Gasteiger partial charge in [-0.3, -0.25) is 4.79 Å². The molecule has 0 saturated heterocycles. The molecule has 3 heterocycles. The van der Waals surface area contributed by atoms with Crippen molar-refractivity contribution < 1.29 is 9.22 Å². The van der Waals surface area contributed by atoms with Gasteiger partial charge >= 0.3 is 0 Å². The molecule has 10 nitrogen and oxygen atoms in total. The summed E-state index contributed by atoms with van der Waals surface area (Å²) in [5.74, 6) is 0.961. The van der Waals surface area contributed by atoms with Gasteiger partial charge in [-0.2, -0.15) is 10.4 Å². The maximum atomic E-state index is 12.7. The van der Waals surface area contributed by atoms with Crippen LogP contribution in [0.1, 0.15) is 58.4 Å². The molecular weight excluding hydrogens is 544 g/mol.